The molecule has 0 bridgehead atoms. The fraction of sp³-hybridized carbons (Fsp3) is 0.0323. The summed E-state index contributed by atoms with van der Waals surface area (Å²) in [5, 5.41) is 0. The lowest BCUT2D eigenvalue weighted by molar-refractivity contribution is 0.380. The topological polar surface area (TPSA) is 0 Å². The van der Waals surface area contributed by atoms with Crippen molar-refractivity contribution in [1.29, 1.82) is 0 Å². The van der Waals surface area contributed by atoms with Crippen LogP contribution in [0.5, 0.6) is 0 Å². The van der Waals surface area contributed by atoms with Gasteiger partial charge in [-0.2, -0.15) is 5.46 Å². The monoisotopic (exact) mass is 681 g/mol. The molecule has 0 saturated heterocycles. The van der Waals surface area contributed by atoms with E-state index in [4.69, 9.17) is 0 Å². The molecule has 4 aromatic carbocycles. The van der Waals surface area contributed by atoms with Crippen LogP contribution < -0.4 is 21.9 Å². The highest BCUT2D eigenvalue weighted by Crippen LogP contribution is 2.28. The fourth-order valence-corrected chi connectivity index (χ4v) is 5.20. The van der Waals surface area contributed by atoms with Gasteiger partial charge >= 0.3 is 0 Å². The second-order valence-electron chi connectivity index (χ2n) is 9.70. The first-order valence-corrected chi connectivity index (χ1v) is 12.9. The van der Waals surface area contributed by atoms with Crippen molar-refractivity contribution in [2.45, 2.75) is 6.42 Å². The van der Waals surface area contributed by atoms with Crippen LogP contribution in [0.3, 0.4) is 0 Å². The van der Waals surface area contributed by atoms with Crippen molar-refractivity contribution in [3.05, 3.63) is 154 Å². The molecule has 246 valence electrons. The molecule has 0 unspecified atom stereocenters. The molecule has 4 aromatic rings. The van der Waals surface area contributed by atoms with E-state index in [1.165, 1.54) is 0 Å². The van der Waals surface area contributed by atoms with Crippen molar-refractivity contribution in [2.24, 2.45) is 0 Å². The normalized spacial score (nSPS) is 12.7. The van der Waals surface area contributed by atoms with Crippen molar-refractivity contribution < 1.29 is 65.9 Å². The standard InChI is InChI=1S/C24H5BF15.C7H8/c26-10-7(11(27)17(33)22(38)16(10)32)25(6-4-2-1-3-5-6,8-12(28)18(34)23(39)19(35)13(8)29)9-14(30)20(36)24(40)21(37)15(9)31;1-2-4-6-7-5-3-1/h1-5H;1-6H,7H2/q-1;. The minimum absolute atomic E-state index is 0.397. The average molecular weight is 681 g/mol. The van der Waals surface area contributed by atoms with Gasteiger partial charge in [-0.15, -0.1) is 16.4 Å². The zero-order valence-corrected chi connectivity index (χ0v) is 22.8. The lowest BCUT2D eigenvalue weighted by Crippen LogP contribution is -2.79. The highest BCUT2D eigenvalue weighted by Gasteiger charge is 2.48. The molecule has 0 N–H and O–H groups in total. The minimum Gasteiger partial charge on any atom is -0.207 e. The van der Waals surface area contributed by atoms with Crippen molar-refractivity contribution in [3.63, 3.8) is 0 Å². The first-order chi connectivity index (χ1) is 22.1. The smallest absolute Gasteiger partial charge is 0.200 e. The molecule has 1 aliphatic rings. The van der Waals surface area contributed by atoms with Crippen LogP contribution >= 0.6 is 0 Å². The molecule has 47 heavy (non-hydrogen) atoms. The first-order valence-electron chi connectivity index (χ1n) is 12.9. The number of hydrogen-bond acceptors (Lipinski definition) is 0. The van der Waals surface area contributed by atoms with Crippen molar-refractivity contribution in [2.75, 3.05) is 0 Å². The number of allylic oxidation sites excluding steroid dienone is 6. The van der Waals surface area contributed by atoms with E-state index in [1.54, 1.807) is 0 Å². The third kappa shape index (κ3) is 5.59. The van der Waals surface area contributed by atoms with Gasteiger partial charge < -0.3 is 0 Å². The predicted octanol–water partition coefficient (Wildman–Crippen LogP) is 7.21. The maximum absolute atomic E-state index is 15.3. The Morgan fingerprint density at radius 1 is 0.319 bits per heavy atom. The molecular weight excluding hydrogens is 668 g/mol. The van der Waals surface area contributed by atoms with Gasteiger partial charge in [0.15, 0.2) is 52.4 Å². The first kappa shape index (κ1) is 35.0. The zero-order valence-electron chi connectivity index (χ0n) is 22.8. The maximum atomic E-state index is 15.3. The van der Waals surface area contributed by atoms with E-state index in [0.717, 1.165) is 24.6 Å². The summed E-state index contributed by atoms with van der Waals surface area (Å²) < 4.78 is 220. The van der Waals surface area contributed by atoms with Crippen LogP contribution in [0.25, 0.3) is 0 Å². The summed E-state index contributed by atoms with van der Waals surface area (Å²) in [5.74, 6) is -45.5. The molecule has 0 aliphatic heterocycles. The number of hydrogen-bond donors (Lipinski definition) is 0. The van der Waals surface area contributed by atoms with Crippen LogP contribution in [0.2, 0.25) is 0 Å². The average Bonchev–Trinajstić information content (AvgIpc) is 3.40. The van der Waals surface area contributed by atoms with E-state index < -0.39 is 115 Å². The van der Waals surface area contributed by atoms with Crippen molar-refractivity contribution in [1.82, 2.24) is 0 Å². The Morgan fingerprint density at radius 3 is 0.851 bits per heavy atom. The summed E-state index contributed by atoms with van der Waals surface area (Å²) in [6, 6.07) is 3.24. The molecular formula is C31H13BF15-. The molecule has 0 heterocycles. The van der Waals surface area contributed by atoms with E-state index >= 15 is 26.3 Å². The van der Waals surface area contributed by atoms with Crippen LogP contribution in [0.4, 0.5) is 65.9 Å². The second-order valence-corrected chi connectivity index (χ2v) is 9.70. The van der Waals surface area contributed by atoms with Gasteiger partial charge in [-0.25, -0.2) is 65.9 Å². The maximum Gasteiger partial charge on any atom is 0.200 e. The summed E-state index contributed by atoms with van der Waals surface area (Å²) >= 11 is 0. The summed E-state index contributed by atoms with van der Waals surface area (Å²) in [7, 11) is 0. The van der Waals surface area contributed by atoms with Crippen LogP contribution in [-0.2, 0) is 0 Å². The van der Waals surface area contributed by atoms with Crippen LogP contribution in [0, 0.1) is 87.3 Å². The summed E-state index contributed by atoms with van der Waals surface area (Å²) in [4.78, 5) is 0. The van der Waals surface area contributed by atoms with Gasteiger partial charge in [-0.3, -0.25) is 0 Å². The molecule has 0 fully saturated rings. The Labute approximate surface area is 254 Å². The quantitative estimate of drug-likeness (QED) is 0.0926. The SMILES string of the molecule is C1=CC=CCC=C1.Fc1c(F)c(F)c([B-](c2ccccc2)(c2c(F)c(F)c(F)c(F)c2F)c2c(F)c(F)c(F)c(F)c2F)c(F)c1F. The third-order valence-corrected chi connectivity index (χ3v) is 7.21. The summed E-state index contributed by atoms with van der Waals surface area (Å²) in [6.45, 7) is 0. The lowest BCUT2D eigenvalue weighted by atomic mass is 9.12. The Balaban J connectivity index is 0.000000632. The highest BCUT2D eigenvalue weighted by atomic mass is 19.2. The Bertz CT molecular complexity index is 1700. The largest absolute Gasteiger partial charge is 0.207 e. The van der Waals surface area contributed by atoms with E-state index in [1.807, 2.05) is 12.2 Å². The van der Waals surface area contributed by atoms with Gasteiger partial charge in [0.05, 0.1) is 0 Å². The molecule has 0 atom stereocenters. The van der Waals surface area contributed by atoms with E-state index in [9.17, 15) is 39.5 Å². The molecule has 0 saturated carbocycles. The number of halogens is 15. The highest BCUT2D eigenvalue weighted by molar-refractivity contribution is 7.20. The lowest BCUT2D eigenvalue weighted by Gasteiger charge is -2.44. The molecule has 0 radical (unpaired) electrons. The molecule has 0 aromatic heterocycles. The second kappa shape index (κ2) is 13.5. The van der Waals surface area contributed by atoms with Crippen LogP contribution in [0.15, 0.2) is 66.8 Å². The van der Waals surface area contributed by atoms with Crippen LogP contribution in [0.1, 0.15) is 6.42 Å². The van der Waals surface area contributed by atoms with Crippen LogP contribution in [-0.4, -0.2) is 6.15 Å². The van der Waals surface area contributed by atoms with Crippen molar-refractivity contribution >= 4 is 28.0 Å². The zero-order chi connectivity index (χ0) is 35.0. The Kier molecular flexibility index (Phi) is 10.0. The molecule has 0 nitrogen and oxygen atoms in total. The fourth-order valence-electron chi connectivity index (χ4n) is 5.20. The van der Waals surface area contributed by atoms with Crippen molar-refractivity contribution in [3.8, 4) is 0 Å². The van der Waals surface area contributed by atoms with E-state index in [0.29, 0.717) is 12.1 Å². The van der Waals surface area contributed by atoms with E-state index in [2.05, 4.69) is 24.3 Å². The van der Waals surface area contributed by atoms with Gasteiger partial charge in [0, 0.05) is 0 Å². The number of rotatable bonds is 4. The molecule has 5 rings (SSSR count). The van der Waals surface area contributed by atoms with Gasteiger partial charge in [0.25, 0.3) is 0 Å². The van der Waals surface area contributed by atoms with Gasteiger partial charge in [0.1, 0.15) is 41.0 Å². The minimum atomic E-state index is -5.72. The van der Waals surface area contributed by atoms with E-state index in [-0.39, 0.29) is 0 Å². The van der Waals surface area contributed by atoms with Gasteiger partial charge in [0.2, 0.25) is 0 Å². The number of benzene rings is 4. The predicted molar refractivity (Wildman–Crippen MR) is 141 cm³/mol. The van der Waals surface area contributed by atoms with Gasteiger partial charge in [-0.05, 0) is 6.42 Å². The molecule has 1 aliphatic carbocycles. The summed E-state index contributed by atoms with van der Waals surface area (Å²) in [5.41, 5.74) is -9.41. The molecule has 0 spiro atoms. The Morgan fingerprint density at radius 2 is 0.574 bits per heavy atom. The summed E-state index contributed by atoms with van der Waals surface area (Å²) in [6.07, 6.45) is 7.78. The Hall–Kier alpha value is -4.89. The molecule has 16 heteroatoms. The molecule has 0 amide bonds. The third-order valence-electron chi connectivity index (χ3n) is 7.21. The van der Waals surface area contributed by atoms with Gasteiger partial charge in [-0.1, -0.05) is 66.8 Å².